The van der Waals surface area contributed by atoms with Gasteiger partial charge in [-0.25, -0.2) is 15.0 Å². The molecule has 1 unspecified atom stereocenters. The van der Waals surface area contributed by atoms with Crippen LogP contribution < -0.4 is 16.2 Å². The van der Waals surface area contributed by atoms with Crippen LogP contribution in [0.5, 0.6) is 0 Å². The minimum absolute atomic E-state index is 0.0249. The molecule has 1 saturated heterocycles. The molecule has 170 valence electrons. The van der Waals surface area contributed by atoms with Crippen LogP contribution in [0.25, 0.3) is 28.0 Å². The van der Waals surface area contributed by atoms with E-state index in [2.05, 4.69) is 30.6 Å². The van der Waals surface area contributed by atoms with Gasteiger partial charge in [-0.3, -0.25) is 9.36 Å². The Morgan fingerprint density at radius 1 is 1.18 bits per heavy atom. The Labute approximate surface area is 185 Å². The van der Waals surface area contributed by atoms with Crippen LogP contribution in [0.15, 0.2) is 53.8 Å². The molecular formula is C22H20F3N7O. The maximum atomic E-state index is 13.8. The second-order valence-electron chi connectivity index (χ2n) is 7.81. The third-order valence-corrected chi connectivity index (χ3v) is 5.62. The Kier molecular flexibility index (Phi) is 5.33. The molecule has 0 spiro atoms. The van der Waals surface area contributed by atoms with E-state index in [0.717, 1.165) is 25.6 Å². The number of fused-ring (bicyclic) bond motifs is 1. The van der Waals surface area contributed by atoms with Crippen molar-refractivity contribution in [2.45, 2.75) is 25.1 Å². The number of halogens is 3. The summed E-state index contributed by atoms with van der Waals surface area (Å²) in [6.45, 7) is 1.59. The van der Waals surface area contributed by atoms with Gasteiger partial charge in [0.15, 0.2) is 0 Å². The summed E-state index contributed by atoms with van der Waals surface area (Å²) in [4.78, 5) is 28.1. The molecule has 0 bridgehead atoms. The standard InChI is InChI=1S/C22H20F3N7O/c23-22(24,25)16-12-29-21(30-13-4-3-7-26-10-13)31-18(16)15-11-28-19-14(15)6-9-32(20(19)33)17-5-1-2-8-27-17/h1-2,5-6,8-9,11-13,26,28H,3-4,7,10H2,(H,29,30,31). The monoisotopic (exact) mass is 455 g/mol. The number of aromatic amines is 1. The first-order valence-corrected chi connectivity index (χ1v) is 10.5. The molecule has 0 radical (unpaired) electrons. The Morgan fingerprint density at radius 2 is 2.06 bits per heavy atom. The van der Waals surface area contributed by atoms with Gasteiger partial charge >= 0.3 is 6.18 Å². The fourth-order valence-electron chi connectivity index (χ4n) is 4.02. The number of aromatic nitrogens is 5. The number of nitrogens with one attached hydrogen (secondary N) is 3. The summed E-state index contributed by atoms with van der Waals surface area (Å²) < 4.78 is 42.7. The fraction of sp³-hybridized carbons (Fsp3) is 0.273. The minimum Gasteiger partial charge on any atom is -0.356 e. The lowest BCUT2D eigenvalue weighted by atomic mass is 10.1. The van der Waals surface area contributed by atoms with Crippen molar-refractivity contribution in [2.24, 2.45) is 0 Å². The number of nitrogens with zero attached hydrogens (tertiary/aromatic N) is 4. The van der Waals surface area contributed by atoms with Gasteiger partial charge in [0.2, 0.25) is 5.95 Å². The SMILES string of the molecule is O=c1c2[nH]cc(-c3nc(NC4CCCNC4)ncc3C(F)(F)F)c2ccn1-c1ccccn1. The van der Waals surface area contributed by atoms with Crippen molar-refractivity contribution in [1.29, 1.82) is 0 Å². The molecule has 4 aromatic heterocycles. The zero-order chi connectivity index (χ0) is 23.0. The van der Waals surface area contributed by atoms with Crippen LogP contribution in [0, 0.1) is 0 Å². The van der Waals surface area contributed by atoms with Crippen molar-refractivity contribution in [2.75, 3.05) is 18.4 Å². The van der Waals surface area contributed by atoms with E-state index in [1.165, 1.54) is 17.0 Å². The van der Waals surface area contributed by atoms with Crippen molar-refractivity contribution in [1.82, 2.24) is 29.8 Å². The normalized spacial score (nSPS) is 16.8. The van der Waals surface area contributed by atoms with Crippen molar-refractivity contribution < 1.29 is 13.2 Å². The summed E-state index contributed by atoms with van der Waals surface area (Å²) in [6.07, 6.45) is 2.37. The Hall–Kier alpha value is -3.73. The summed E-state index contributed by atoms with van der Waals surface area (Å²) in [6, 6.07) is 6.74. The van der Waals surface area contributed by atoms with Crippen molar-refractivity contribution >= 4 is 16.9 Å². The molecule has 0 aromatic carbocycles. The van der Waals surface area contributed by atoms with E-state index in [9.17, 15) is 18.0 Å². The predicted molar refractivity (Wildman–Crippen MR) is 117 cm³/mol. The van der Waals surface area contributed by atoms with Crippen molar-refractivity contribution in [3.8, 4) is 17.1 Å². The third kappa shape index (κ3) is 4.07. The molecule has 33 heavy (non-hydrogen) atoms. The van der Waals surface area contributed by atoms with E-state index in [0.29, 0.717) is 17.7 Å². The van der Waals surface area contributed by atoms with Gasteiger partial charge in [0.25, 0.3) is 5.56 Å². The first-order chi connectivity index (χ1) is 15.9. The number of pyridine rings is 2. The molecule has 0 saturated carbocycles. The molecule has 3 N–H and O–H groups in total. The summed E-state index contributed by atoms with van der Waals surface area (Å²) in [7, 11) is 0. The number of hydrogen-bond donors (Lipinski definition) is 3. The molecule has 0 aliphatic carbocycles. The highest BCUT2D eigenvalue weighted by Gasteiger charge is 2.36. The zero-order valence-electron chi connectivity index (χ0n) is 17.4. The molecule has 1 fully saturated rings. The van der Waals surface area contributed by atoms with Crippen LogP contribution in [-0.4, -0.2) is 43.6 Å². The number of rotatable bonds is 4. The number of piperidine rings is 1. The summed E-state index contributed by atoms with van der Waals surface area (Å²) >= 11 is 0. The lowest BCUT2D eigenvalue weighted by Crippen LogP contribution is -2.38. The van der Waals surface area contributed by atoms with E-state index in [1.54, 1.807) is 30.5 Å². The maximum Gasteiger partial charge on any atom is 0.419 e. The Balaban J connectivity index is 1.61. The highest BCUT2D eigenvalue weighted by Crippen LogP contribution is 2.38. The molecular weight excluding hydrogens is 435 g/mol. The van der Waals surface area contributed by atoms with Gasteiger partial charge in [0, 0.05) is 48.3 Å². The number of anilines is 1. The second-order valence-corrected chi connectivity index (χ2v) is 7.81. The highest BCUT2D eigenvalue weighted by atomic mass is 19.4. The highest BCUT2D eigenvalue weighted by molar-refractivity contribution is 5.95. The van der Waals surface area contributed by atoms with Gasteiger partial charge in [-0.1, -0.05) is 6.07 Å². The number of H-pyrrole nitrogens is 1. The quantitative estimate of drug-likeness (QED) is 0.436. The topological polar surface area (TPSA) is 101 Å². The first-order valence-electron chi connectivity index (χ1n) is 10.5. The van der Waals surface area contributed by atoms with E-state index < -0.39 is 17.3 Å². The molecule has 4 aromatic rings. The largest absolute Gasteiger partial charge is 0.419 e. The van der Waals surface area contributed by atoms with Crippen LogP contribution in [0.1, 0.15) is 18.4 Å². The van der Waals surface area contributed by atoms with Gasteiger partial charge in [-0.2, -0.15) is 13.2 Å². The number of alkyl halides is 3. The van der Waals surface area contributed by atoms with Crippen LogP contribution in [0.3, 0.4) is 0 Å². The van der Waals surface area contributed by atoms with Crippen LogP contribution in [0.2, 0.25) is 0 Å². The number of hydrogen-bond acceptors (Lipinski definition) is 6. The van der Waals surface area contributed by atoms with Gasteiger partial charge in [0.05, 0.1) is 5.69 Å². The molecule has 11 heteroatoms. The summed E-state index contributed by atoms with van der Waals surface area (Å²) in [5.74, 6) is 0.522. The second kappa shape index (κ2) is 8.32. The van der Waals surface area contributed by atoms with Crippen LogP contribution in [0.4, 0.5) is 19.1 Å². The average molecular weight is 455 g/mol. The van der Waals surface area contributed by atoms with Crippen LogP contribution >= 0.6 is 0 Å². The van der Waals surface area contributed by atoms with Crippen molar-refractivity contribution in [3.63, 3.8) is 0 Å². The molecule has 5 heterocycles. The Morgan fingerprint density at radius 3 is 2.79 bits per heavy atom. The maximum absolute atomic E-state index is 13.8. The van der Waals surface area contributed by atoms with Crippen LogP contribution in [-0.2, 0) is 6.18 Å². The van der Waals surface area contributed by atoms with Gasteiger partial charge in [0.1, 0.15) is 16.9 Å². The van der Waals surface area contributed by atoms with Crippen molar-refractivity contribution in [3.05, 3.63) is 65.0 Å². The van der Waals surface area contributed by atoms with E-state index in [-0.39, 0.29) is 28.8 Å². The zero-order valence-corrected chi connectivity index (χ0v) is 17.4. The lowest BCUT2D eigenvalue weighted by Gasteiger charge is -2.24. The van der Waals surface area contributed by atoms with Gasteiger partial charge < -0.3 is 15.6 Å². The summed E-state index contributed by atoms with van der Waals surface area (Å²) in [5.41, 5.74) is -1.34. The Bertz CT molecular complexity index is 1340. The van der Waals surface area contributed by atoms with Gasteiger partial charge in [-0.15, -0.1) is 0 Å². The molecule has 1 aliphatic heterocycles. The summed E-state index contributed by atoms with van der Waals surface area (Å²) in [5, 5.41) is 6.69. The molecule has 8 nitrogen and oxygen atoms in total. The first kappa shape index (κ1) is 21.1. The molecule has 1 atom stereocenters. The van der Waals surface area contributed by atoms with Gasteiger partial charge in [-0.05, 0) is 37.6 Å². The molecule has 1 aliphatic rings. The fourth-order valence-corrected chi connectivity index (χ4v) is 4.02. The minimum atomic E-state index is -4.66. The van der Waals surface area contributed by atoms with E-state index >= 15 is 0 Å². The molecule has 5 rings (SSSR count). The predicted octanol–water partition coefficient (Wildman–Crippen LogP) is 3.35. The molecule has 0 amide bonds. The lowest BCUT2D eigenvalue weighted by molar-refractivity contribution is -0.137. The third-order valence-electron chi connectivity index (χ3n) is 5.62. The van der Waals surface area contributed by atoms with E-state index in [4.69, 9.17) is 0 Å². The average Bonchev–Trinajstić information content (AvgIpc) is 3.25. The van der Waals surface area contributed by atoms with E-state index in [1.807, 2.05) is 0 Å². The smallest absolute Gasteiger partial charge is 0.356 e.